The number of rotatable bonds is 9. The van der Waals surface area contributed by atoms with Gasteiger partial charge in [-0.3, -0.25) is 0 Å². The molecular formula is C29H29Cl3N4O2. The summed E-state index contributed by atoms with van der Waals surface area (Å²) in [5, 5.41) is 3.46. The van der Waals surface area contributed by atoms with E-state index in [4.69, 9.17) is 39.5 Å². The van der Waals surface area contributed by atoms with Gasteiger partial charge in [0.15, 0.2) is 0 Å². The number of halogens is 3. The van der Waals surface area contributed by atoms with Crippen molar-refractivity contribution in [2.45, 2.75) is 26.8 Å². The largest absolute Gasteiger partial charge is 0.464 e. The zero-order valence-electron chi connectivity index (χ0n) is 21.5. The number of carbonyl (C=O) groups is 1. The summed E-state index contributed by atoms with van der Waals surface area (Å²) in [6.45, 7) is 8.22. The minimum Gasteiger partial charge on any atom is -0.464 e. The first-order chi connectivity index (χ1) is 18.4. The van der Waals surface area contributed by atoms with Crippen LogP contribution in [0.5, 0.6) is 0 Å². The van der Waals surface area contributed by atoms with Crippen molar-refractivity contribution in [1.82, 2.24) is 19.4 Å². The molecule has 2 N–H and O–H groups in total. The summed E-state index contributed by atoms with van der Waals surface area (Å²) >= 11 is 19.3. The molecule has 0 radical (unpaired) electrons. The highest BCUT2D eigenvalue weighted by atomic mass is 35.5. The molecule has 0 atom stereocenters. The molecule has 0 amide bonds. The summed E-state index contributed by atoms with van der Waals surface area (Å²) in [5.74, 6) is -0.452. The van der Waals surface area contributed by atoms with Crippen molar-refractivity contribution in [3.63, 3.8) is 0 Å². The zero-order valence-corrected chi connectivity index (χ0v) is 23.8. The predicted molar refractivity (Wildman–Crippen MR) is 158 cm³/mol. The molecule has 0 aliphatic carbocycles. The van der Waals surface area contributed by atoms with Crippen molar-refractivity contribution < 1.29 is 9.53 Å². The van der Waals surface area contributed by atoms with E-state index in [9.17, 15) is 4.79 Å². The van der Waals surface area contributed by atoms with Gasteiger partial charge in [0.05, 0.1) is 22.7 Å². The number of aromatic amines is 2. The van der Waals surface area contributed by atoms with Gasteiger partial charge in [-0.05, 0) is 56.4 Å². The molecule has 0 bridgehead atoms. The second kappa shape index (κ2) is 11.1. The van der Waals surface area contributed by atoms with E-state index in [1.54, 1.807) is 0 Å². The van der Waals surface area contributed by atoms with Crippen LogP contribution >= 0.6 is 34.8 Å². The molecule has 0 aliphatic heterocycles. The molecule has 0 spiro atoms. The van der Waals surface area contributed by atoms with Crippen LogP contribution in [-0.2, 0) is 11.3 Å². The molecule has 5 aromatic rings. The number of esters is 1. The van der Waals surface area contributed by atoms with Gasteiger partial charge in [0.1, 0.15) is 5.69 Å². The molecule has 198 valence electrons. The maximum Gasteiger partial charge on any atom is 0.355 e. The molecule has 5 rings (SSSR count). The Balaban J connectivity index is 1.70. The fourth-order valence-electron chi connectivity index (χ4n) is 5.17. The van der Waals surface area contributed by atoms with Gasteiger partial charge in [-0.1, -0.05) is 48.7 Å². The average molecular weight is 572 g/mol. The molecule has 6 nitrogen and oxygen atoms in total. The maximum absolute atomic E-state index is 12.9. The van der Waals surface area contributed by atoms with Crippen molar-refractivity contribution in [3.8, 4) is 22.3 Å². The number of nitrogens with one attached hydrogen (secondary N) is 2. The Hall–Kier alpha value is -2.90. The van der Waals surface area contributed by atoms with Crippen LogP contribution in [-0.4, -0.2) is 52.1 Å². The van der Waals surface area contributed by atoms with Gasteiger partial charge >= 0.3 is 5.97 Å². The number of H-pyrrole nitrogens is 2. The number of aryl methyl sites for hydroxylation is 1. The molecule has 0 saturated heterocycles. The van der Waals surface area contributed by atoms with Gasteiger partial charge in [-0.25, -0.2) is 4.79 Å². The lowest BCUT2D eigenvalue weighted by Crippen LogP contribution is -2.24. The molecule has 0 aliphatic rings. The molecule has 3 heterocycles. The number of benzene rings is 2. The molecule has 0 unspecified atom stereocenters. The topological polar surface area (TPSA) is 66.1 Å². The maximum atomic E-state index is 12.9. The van der Waals surface area contributed by atoms with Crippen LogP contribution in [0.4, 0.5) is 0 Å². The molecule has 38 heavy (non-hydrogen) atoms. The zero-order chi connectivity index (χ0) is 27.0. The van der Waals surface area contributed by atoms with Gasteiger partial charge in [-0.2, -0.15) is 0 Å². The Labute approximate surface area is 236 Å². The van der Waals surface area contributed by atoms with E-state index in [0.29, 0.717) is 20.8 Å². The van der Waals surface area contributed by atoms with Crippen LogP contribution < -0.4 is 0 Å². The van der Waals surface area contributed by atoms with Crippen LogP contribution in [0.25, 0.3) is 44.1 Å². The summed E-state index contributed by atoms with van der Waals surface area (Å²) in [6, 6.07) is 9.47. The van der Waals surface area contributed by atoms with Crippen molar-refractivity contribution in [1.29, 1.82) is 0 Å². The summed E-state index contributed by atoms with van der Waals surface area (Å²) < 4.78 is 7.35. The first-order valence-electron chi connectivity index (χ1n) is 12.6. The van der Waals surface area contributed by atoms with Gasteiger partial charge in [-0.15, -0.1) is 0 Å². The first kappa shape index (κ1) is 26.7. The number of hydrogen-bond donors (Lipinski definition) is 2. The molecular weight excluding hydrogens is 543 g/mol. The van der Waals surface area contributed by atoms with Crippen molar-refractivity contribution in [2.24, 2.45) is 0 Å². The monoisotopic (exact) mass is 570 g/mol. The smallest absolute Gasteiger partial charge is 0.355 e. The normalized spacial score (nSPS) is 11.8. The van der Waals surface area contributed by atoms with Gasteiger partial charge in [0.2, 0.25) is 0 Å². The third-order valence-electron chi connectivity index (χ3n) is 7.16. The highest BCUT2D eigenvalue weighted by Crippen LogP contribution is 2.43. The number of ether oxygens (including phenoxy) is 1. The number of methoxy groups -OCH3 is 1. The molecule has 3 aromatic heterocycles. The third kappa shape index (κ3) is 4.82. The van der Waals surface area contributed by atoms with Crippen LogP contribution in [0.2, 0.25) is 15.1 Å². The van der Waals surface area contributed by atoms with Crippen molar-refractivity contribution in [2.75, 3.05) is 26.7 Å². The molecule has 0 saturated carbocycles. The van der Waals surface area contributed by atoms with E-state index in [-0.39, 0.29) is 0 Å². The Morgan fingerprint density at radius 2 is 1.68 bits per heavy atom. The van der Waals surface area contributed by atoms with Crippen molar-refractivity contribution >= 4 is 62.6 Å². The second-order valence-corrected chi connectivity index (χ2v) is 10.5. The van der Waals surface area contributed by atoms with Gasteiger partial charge in [0, 0.05) is 68.7 Å². The van der Waals surface area contributed by atoms with Gasteiger partial charge < -0.3 is 24.2 Å². The molecule has 0 fully saturated rings. The fraction of sp³-hybridized carbons (Fsp3) is 0.276. The van der Waals surface area contributed by atoms with E-state index >= 15 is 0 Å². The third-order valence-corrected chi connectivity index (χ3v) is 8.12. The number of nitrogens with zero attached hydrogens (tertiary/aromatic N) is 2. The highest BCUT2D eigenvalue weighted by Gasteiger charge is 2.25. The minimum absolute atomic E-state index is 0.367. The van der Waals surface area contributed by atoms with E-state index in [1.807, 2.05) is 42.7 Å². The molecule has 2 aromatic carbocycles. The lowest BCUT2D eigenvalue weighted by Gasteiger charge is -2.18. The van der Waals surface area contributed by atoms with E-state index in [1.165, 1.54) is 7.11 Å². The Morgan fingerprint density at radius 1 is 0.947 bits per heavy atom. The highest BCUT2D eigenvalue weighted by molar-refractivity contribution is 6.43. The predicted octanol–water partition coefficient (Wildman–Crippen LogP) is 8.26. The van der Waals surface area contributed by atoms with Gasteiger partial charge in [0.25, 0.3) is 0 Å². The quantitative estimate of drug-likeness (QED) is 0.175. The fourth-order valence-corrected chi connectivity index (χ4v) is 5.66. The van der Waals surface area contributed by atoms with Crippen LogP contribution in [0.15, 0.2) is 48.9 Å². The van der Waals surface area contributed by atoms with Crippen LogP contribution in [0.1, 0.15) is 30.8 Å². The Bertz CT molecular complexity index is 1630. The average Bonchev–Trinajstić information content (AvgIpc) is 3.61. The summed E-state index contributed by atoms with van der Waals surface area (Å²) in [4.78, 5) is 21.7. The minimum atomic E-state index is -0.452. The van der Waals surface area contributed by atoms with Crippen LogP contribution in [0.3, 0.4) is 0 Å². The SMILES string of the molecule is CCN(CC)CCCn1cc(-c2c[nH]c(C(=O)OC)c2-c2c[nH]c3ccc(Cl)cc23)c2cc(Cl)c(Cl)cc21. The van der Waals surface area contributed by atoms with Crippen LogP contribution in [0, 0.1) is 0 Å². The summed E-state index contributed by atoms with van der Waals surface area (Å²) in [6.07, 6.45) is 6.85. The lowest BCUT2D eigenvalue weighted by atomic mass is 9.96. The van der Waals surface area contributed by atoms with E-state index in [2.05, 4.69) is 39.5 Å². The van der Waals surface area contributed by atoms with E-state index in [0.717, 1.165) is 76.7 Å². The number of carbonyl (C=O) groups excluding carboxylic acids is 1. The van der Waals surface area contributed by atoms with Crippen molar-refractivity contribution in [3.05, 3.63) is 69.7 Å². The first-order valence-corrected chi connectivity index (χ1v) is 13.8. The number of fused-ring (bicyclic) bond motifs is 2. The Kier molecular flexibility index (Phi) is 7.78. The summed E-state index contributed by atoms with van der Waals surface area (Å²) in [7, 11) is 1.38. The number of aromatic nitrogens is 3. The summed E-state index contributed by atoms with van der Waals surface area (Å²) in [5.41, 5.74) is 5.66. The standard InChI is InChI=1S/C29H29Cl3N4O2/c1-4-35(5-2)9-6-10-36-16-22(19-12-23(31)24(32)13-26(19)36)21-15-34-28(29(37)38-3)27(21)20-14-33-25-8-7-17(30)11-18(20)25/h7-8,11-16,33-34H,4-6,9-10H2,1-3H3. The lowest BCUT2D eigenvalue weighted by molar-refractivity contribution is 0.0596. The number of hydrogen-bond acceptors (Lipinski definition) is 3. The van der Waals surface area contributed by atoms with E-state index < -0.39 is 5.97 Å². The molecule has 9 heteroatoms. The second-order valence-electron chi connectivity index (χ2n) is 9.24. The Morgan fingerprint density at radius 3 is 2.42 bits per heavy atom.